The van der Waals surface area contributed by atoms with Crippen molar-refractivity contribution in [3.05, 3.63) is 0 Å². The fourth-order valence-corrected chi connectivity index (χ4v) is 4.55. The second-order valence-electron chi connectivity index (χ2n) is 6.29. The molecule has 118 valence electrons. The third-order valence-electron chi connectivity index (χ3n) is 4.63. The maximum atomic E-state index is 12.5. The van der Waals surface area contributed by atoms with Gasteiger partial charge in [-0.05, 0) is 46.2 Å². The van der Waals surface area contributed by atoms with Crippen LogP contribution in [0.25, 0.3) is 0 Å². The molecule has 2 N–H and O–H groups in total. The summed E-state index contributed by atoms with van der Waals surface area (Å²) in [6.07, 6.45) is 2.98. The number of hydrogen-bond acceptors (Lipinski definition) is 4. The van der Waals surface area contributed by atoms with Gasteiger partial charge in [0, 0.05) is 38.3 Å². The first kappa shape index (κ1) is 16.2. The first-order chi connectivity index (χ1) is 9.32. The summed E-state index contributed by atoms with van der Waals surface area (Å²) >= 11 is 0. The third kappa shape index (κ3) is 3.33. The Labute approximate surface area is 123 Å². The molecule has 0 radical (unpaired) electrons. The minimum atomic E-state index is -3.31. The molecular formula is C13H28N4O2S. The summed E-state index contributed by atoms with van der Waals surface area (Å²) in [4.78, 5) is 2.41. The van der Waals surface area contributed by atoms with Gasteiger partial charge in [0.25, 0.3) is 10.2 Å². The predicted molar refractivity (Wildman–Crippen MR) is 80.6 cm³/mol. The fourth-order valence-electron chi connectivity index (χ4n) is 2.95. The van der Waals surface area contributed by atoms with E-state index in [0.717, 1.165) is 32.4 Å². The minimum Gasteiger partial charge on any atom is -0.328 e. The Hall–Kier alpha value is -0.210. The monoisotopic (exact) mass is 304 g/mol. The van der Waals surface area contributed by atoms with Crippen molar-refractivity contribution in [2.45, 2.75) is 51.2 Å². The van der Waals surface area contributed by atoms with Gasteiger partial charge in [0.1, 0.15) is 0 Å². The highest BCUT2D eigenvalue weighted by atomic mass is 32.2. The van der Waals surface area contributed by atoms with Crippen molar-refractivity contribution < 1.29 is 8.42 Å². The average Bonchev–Trinajstić information content (AvgIpc) is 2.88. The summed E-state index contributed by atoms with van der Waals surface area (Å²) < 4.78 is 28.0. The maximum absolute atomic E-state index is 12.5. The highest BCUT2D eigenvalue weighted by Crippen LogP contribution is 2.23. The molecule has 0 aromatic carbocycles. The molecule has 0 amide bonds. The third-order valence-corrected chi connectivity index (χ3v) is 6.77. The highest BCUT2D eigenvalue weighted by Gasteiger charge is 2.37. The number of likely N-dealkylation sites (tertiary alicyclic amines) is 1. The second kappa shape index (κ2) is 6.27. The van der Waals surface area contributed by atoms with Crippen LogP contribution in [0.5, 0.6) is 0 Å². The van der Waals surface area contributed by atoms with Crippen molar-refractivity contribution in [2.24, 2.45) is 5.73 Å². The van der Waals surface area contributed by atoms with E-state index in [1.165, 1.54) is 4.31 Å². The summed E-state index contributed by atoms with van der Waals surface area (Å²) in [5.41, 5.74) is 5.93. The van der Waals surface area contributed by atoms with E-state index in [0.29, 0.717) is 25.2 Å². The summed E-state index contributed by atoms with van der Waals surface area (Å²) in [5, 5.41) is 0. The van der Waals surface area contributed by atoms with Crippen LogP contribution >= 0.6 is 0 Å². The van der Waals surface area contributed by atoms with E-state index in [1.54, 1.807) is 11.4 Å². The molecule has 2 heterocycles. The van der Waals surface area contributed by atoms with Gasteiger partial charge in [-0.15, -0.1) is 0 Å². The lowest BCUT2D eigenvalue weighted by Crippen LogP contribution is -2.48. The van der Waals surface area contributed by atoms with Gasteiger partial charge in [0.15, 0.2) is 0 Å². The SMILES string of the molecule is CC(C)N(C)S(=O)(=O)N1CCC(N2CCC(N)CC2)C1. The molecule has 1 unspecified atom stereocenters. The van der Waals surface area contributed by atoms with Gasteiger partial charge >= 0.3 is 0 Å². The van der Waals surface area contributed by atoms with E-state index in [1.807, 2.05) is 13.8 Å². The summed E-state index contributed by atoms with van der Waals surface area (Å²) in [6.45, 7) is 7.05. The predicted octanol–water partition coefficient (Wildman–Crippen LogP) is 0.0688. The Morgan fingerprint density at radius 2 is 1.75 bits per heavy atom. The lowest BCUT2D eigenvalue weighted by Gasteiger charge is -2.35. The Morgan fingerprint density at radius 1 is 1.15 bits per heavy atom. The molecule has 7 heteroatoms. The largest absolute Gasteiger partial charge is 0.328 e. The van der Waals surface area contributed by atoms with Crippen LogP contribution in [-0.2, 0) is 10.2 Å². The molecule has 20 heavy (non-hydrogen) atoms. The fraction of sp³-hybridized carbons (Fsp3) is 1.00. The first-order valence-corrected chi connectivity index (χ1v) is 8.94. The summed E-state index contributed by atoms with van der Waals surface area (Å²) in [5.74, 6) is 0. The maximum Gasteiger partial charge on any atom is 0.282 e. The van der Waals surface area contributed by atoms with Crippen LogP contribution < -0.4 is 5.73 Å². The van der Waals surface area contributed by atoms with E-state index in [4.69, 9.17) is 5.73 Å². The number of hydrogen-bond donors (Lipinski definition) is 1. The molecule has 0 bridgehead atoms. The van der Waals surface area contributed by atoms with Crippen molar-refractivity contribution in [3.8, 4) is 0 Å². The van der Waals surface area contributed by atoms with E-state index in [2.05, 4.69) is 4.90 Å². The van der Waals surface area contributed by atoms with Crippen LogP contribution in [0.3, 0.4) is 0 Å². The molecule has 2 aliphatic heterocycles. The Morgan fingerprint density at radius 3 is 2.30 bits per heavy atom. The van der Waals surface area contributed by atoms with Gasteiger partial charge in [-0.3, -0.25) is 4.90 Å². The van der Waals surface area contributed by atoms with Gasteiger partial charge in [0.05, 0.1) is 0 Å². The van der Waals surface area contributed by atoms with E-state index < -0.39 is 10.2 Å². The standard InChI is InChI=1S/C13H28N4O2S/c1-11(2)15(3)20(18,19)17-9-6-13(10-17)16-7-4-12(14)5-8-16/h11-13H,4-10,14H2,1-3H3. The molecule has 6 nitrogen and oxygen atoms in total. The summed E-state index contributed by atoms with van der Waals surface area (Å²) in [6, 6.07) is 0.671. The molecule has 0 spiro atoms. The zero-order chi connectivity index (χ0) is 14.9. The highest BCUT2D eigenvalue weighted by molar-refractivity contribution is 7.86. The molecule has 0 aromatic heterocycles. The van der Waals surface area contributed by atoms with Crippen LogP contribution in [0.1, 0.15) is 33.1 Å². The van der Waals surface area contributed by atoms with Crippen molar-refractivity contribution in [1.29, 1.82) is 0 Å². The van der Waals surface area contributed by atoms with Crippen molar-refractivity contribution in [2.75, 3.05) is 33.2 Å². The molecule has 2 aliphatic rings. The molecule has 2 rings (SSSR count). The van der Waals surface area contributed by atoms with E-state index >= 15 is 0 Å². The van der Waals surface area contributed by atoms with Gasteiger partial charge in [-0.1, -0.05) is 0 Å². The van der Waals surface area contributed by atoms with Gasteiger partial charge in [-0.25, -0.2) is 0 Å². The number of rotatable bonds is 4. The van der Waals surface area contributed by atoms with Crippen LogP contribution in [0.2, 0.25) is 0 Å². The molecule has 0 saturated carbocycles. The molecule has 1 atom stereocenters. The normalized spacial score (nSPS) is 27.8. The van der Waals surface area contributed by atoms with Crippen molar-refractivity contribution in [3.63, 3.8) is 0 Å². The van der Waals surface area contributed by atoms with Crippen LogP contribution in [-0.4, -0.2) is 73.3 Å². The molecular weight excluding hydrogens is 276 g/mol. The quantitative estimate of drug-likeness (QED) is 0.798. The molecule has 2 fully saturated rings. The number of piperidine rings is 1. The zero-order valence-corrected chi connectivity index (χ0v) is 13.6. The van der Waals surface area contributed by atoms with Crippen molar-refractivity contribution in [1.82, 2.24) is 13.5 Å². The topological polar surface area (TPSA) is 69.9 Å². The molecule has 0 aliphatic carbocycles. The molecule has 0 aromatic rings. The Kier molecular flexibility index (Phi) is 5.07. The molecule has 2 saturated heterocycles. The average molecular weight is 304 g/mol. The van der Waals surface area contributed by atoms with Crippen LogP contribution in [0.15, 0.2) is 0 Å². The van der Waals surface area contributed by atoms with Gasteiger partial charge in [0.2, 0.25) is 0 Å². The number of nitrogens with two attached hydrogens (primary N) is 1. The Balaban J connectivity index is 1.95. The van der Waals surface area contributed by atoms with Crippen molar-refractivity contribution >= 4 is 10.2 Å². The van der Waals surface area contributed by atoms with E-state index in [9.17, 15) is 8.42 Å². The summed E-state index contributed by atoms with van der Waals surface area (Å²) in [7, 11) is -1.65. The van der Waals surface area contributed by atoms with Crippen LogP contribution in [0.4, 0.5) is 0 Å². The van der Waals surface area contributed by atoms with E-state index in [-0.39, 0.29) is 6.04 Å². The lowest BCUT2D eigenvalue weighted by molar-refractivity contribution is 0.158. The minimum absolute atomic E-state index is 0.00737. The van der Waals surface area contributed by atoms with Crippen LogP contribution in [0, 0.1) is 0 Å². The van der Waals surface area contributed by atoms with Gasteiger partial charge < -0.3 is 5.73 Å². The second-order valence-corrected chi connectivity index (χ2v) is 8.28. The zero-order valence-electron chi connectivity index (χ0n) is 12.8. The van der Waals surface area contributed by atoms with Gasteiger partial charge in [-0.2, -0.15) is 17.0 Å². The smallest absolute Gasteiger partial charge is 0.282 e. The number of nitrogens with zero attached hydrogens (tertiary/aromatic N) is 3. The first-order valence-electron chi connectivity index (χ1n) is 7.55. The Bertz CT molecular complexity index is 418. The lowest BCUT2D eigenvalue weighted by atomic mass is 10.0.